The molecule has 1 heterocycles. The summed E-state index contributed by atoms with van der Waals surface area (Å²) in [4.78, 5) is 12.7. The summed E-state index contributed by atoms with van der Waals surface area (Å²) < 4.78 is 0. The quantitative estimate of drug-likeness (QED) is 0.656. The summed E-state index contributed by atoms with van der Waals surface area (Å²) in [6.07, 6.45) is 3.65. The van der Waals surface area contributed by atoms with E-state index in [0.29, 0.717) is 11.7 Å². The fraction of sp³-hybridized carbons (Fsp3) is 0.571. The van der Waals surface area contributed by atoms with Crippen molar-refractivity contribution in [3.05, 3.63) is 11.9 Å². The Balaban J connectivity index is 2.03. The van der Waals surface area contributed by atoms with Crippen LogP contribution in [0.4, 0.5) is 0 Å². The molecule has 5 heteroatoms. The lowest BCUT2D eigenvalue weighted by Gasteiger charge is -1.96. The van der Waals surface area contributed by atoms with Crippen molar-refractivity contribution in [2.45, 2.75) is 18.9 Å². The van der Waals surface area contributed by atoms with E-state index in [-0.39, 0.29) is 5.91 Å². The SMILES string of the molecule is Cn1ncc(C(=O)NC2CC2)n1. The van der Waals surface area contributed by atoms with E-state index >= 15 is 0 Å². The Morgan fingerprint density at radius 3 is 3.00 bits per heavy atom. The number of amides is 1. The molecule has 0 aliphatic heterocycles. The van der Waals surface area contributed by atoms with E-state index < -0.39 is 0 Å². The molecule has 1 fully saturated rings. The highest BCUT2D eigenvalue weighted by Gasteiger charge is 2.24. The van der Waals surface area contributed by atoms with Gasteiger partial charge in [-0.25, -0.2) is 0 Å². The second-order valence-electron chi connectivity index (χ2n) is 2.97. The minimum Gasteiger partial charge on any atom is -0.348 e. The highest BCUT2D eigenvalue weighted by Crippen LogP contribution is 2.18. The molecule has 1 saturated carbocycles. The van der Waals surface area contributed by atoms with Gasteiger partial charge in [0.15, 0.2) is 5.69 Å². The number of nitrogens with one attached hydrogen (secondary N) is 1. The smallest absolute Gasteiger partial charge is 0.273 e. The van der Waals surface area contributed by atoms with Gasteiger partial charge in [0.05, 0.1) is 6.20 Å². The summed E-state index contributed by atoms with van der Waals surface area (Å²) in [6, 6.07) is 0.375. The Morgan fingerprint density at radius 1 is 1.75 bits per heavy atom. The molecule has 0 spiro atoms. The molecule has 1 amide bonds. The van der Waals surface area contributed by atoms with E-state index in [9.17, 15) is 4.79 Å². The molecule has 1 aromatic heterocycles. The predicted molar refractivity (Wildman–Crippen MR) is 41.5 cm³/mol. The summed E-state index contributed by atoms with van der Waals surface area (Å²) >= 11 is 0. The molecule has 5 nitrogen and oxygen atoms in total. The molecule has 2 rings (SSSR count). The van der Waals surface area contributed by atoms with Gasteiger partial charge in [-0.2, -0.15) is 9.90 Å². The first-order valence-corrected chi connectivity index (χ1v) is 3.93. The van der Waals surface area contributed by atoms with E-state index in [1.165, 1.54) is 11.0 Å². The average molecular weight is 166 g/mol. The highest BCUT2D eigenvalue weighted by molar-refractivity contribution is 5.92. The van der Waals surface area contributed by atoms with Gasteiger partial charge < -0.3 is 5.32 Å². The molecule has 1 aliphatic rings. The van der Waals surface area contributed by atoms with Gasteiger partial charge in [-0.1, -0.05) is 0 Å². The summed E-state index contributed by atoms with van der Waals surface area (Å²) in [6.45, 7) is 0. The van der Waals surface area contributed by atoms with E-state index in [1.807, 2.05) is 0 Å². The van der Waals surface area contributed by atoms with Crippen LogP contribution in [0.3, 0.4) is 0 Å². The van der Waals surface area contributed by atoms with Crippen LogP contribution in [0.1, 0.15) is 23.3 Å². The second-order valence-corrected chi connectivity index (χ2v) is 2.97. The molecular formula is C7H10N4O. The molecular weight excluding hydrogens is 156 g/mol. The summed E-state index contributed by atoms with van der Waals surface area (Å²) in [5.74, 6) is -0.120. The molecule has 1 aliphatic carbocycles. The van der Waals surface area contributed by atoms with Crippen molar-refractivity contribution in [1.29, 1.82) is 0 Å². The Bertz CT molecular complexity index is 302. The Labute approximate surface area is 69.8 Å². The minimum absolute atomic E-state index is 0.120. The standard InChI is InChI=1S/C7H10N4O/c1-11-8-4-6(10-11)7(12)9-5-2-3-5/h4-5H,2-3H2,1H3,(H,9,12). The molecule has 0 aromatic carbocycles. The van der Waals surface area contributed by atoms with Gasteiger partial charge in [0.25, 0.3) is 5.91 Å². The van der Waals surface area contributed by atoms with Crippen LogP contribution in [0.25, 0.3) is 0 Å². The highest BCUT2D eigenvalue weighted by atomic mass is 16.2. The number of aromatic nitrogens is 3. The van der Waals surface area contributed by atoms with Gasteiger partial charge >= 0.3 is 0 Å². The number of carbonyl (C=O) groups excluding carboxylic acids is 1. The van der Waals surface area contributed by atoms with Gasteiger partial charge in [0.2, 0.25) is 0 Å². The van der Waals surface area contributed by atoms with Crippen molar-refractivity contribution in [3.63, 3.8) is 0 Å². The summed E-state index contributed by atoms with van der Waals surface area (Å²) in [5, 5.41) is 10.5. The number of hydrogen-bond acceptors (Lipinski definition) is 3. The van der Waals surface area contributed by atoms with Gasteiger partial charge in [0.1, 0.15) is 0 Å². The largest absolute Gasteiger partial charge is 0.348 e. The van der Waals surface area contributed by atoms with Crippen LogP contribution in [0.5, 0.6) is 0 Å². The van der Waals surface area contributed by atoms with Gasteiger partial charge in [-0.05, 0) is 12.8 Å². The number of hydrogen-bond donors (Lipinski definition) is 1. The minimum atomic E-state index is -0.120. The van der Waals surface area contributed by atoms with Crippen molar-refractivity contribution in [3.8, 4) is 0 Å². The van der Waals surface area contributed by atoms with Crippen LogP contribution in [-0.4, -0.2) is 26.9 Å². The zero-order valence-electron chi connectivity index (χ0n) is 6.82. The third-order valence-corrected chi connectivity index (χ3v) is 1.74. The summed E-state index contributed by atoms with van der Waals surface area (Å²) in [7, 11) is 1.69. The molecule has 64 valence electrons. The molecule has 1 aromatic rings. The van der Waals surface area contributed by atoms with Crippen molar-refractivity contribution in [1.82, 2.24) is 20.3 Å². The number of aryl methyl sites for hydroxylation is 1. The zero-order chi connectivity index (χ0) is 8.55. The maximum Gasteiger partial charge on any atom is 0.273 e. The van der Waals surface area contributed by atoms with Crippen LogP contribution < -0.4 is 5.32 Å². The number of nitrogens with zero attached hydrogens (tertiary/aromatic N) is 3. The average Bonchev–Trinajstić information content (AvgIpc) is 2.72. The summed E-state index contributed by atoms with van der Waals surface area (Å²) in [5.41, 5.74) is 0.393. The maximum atomic E-state index is 11.3. The van der Waals surface area contributed by atoms with E-state index in [1.54, 1.807) is 7.05 Å². The third-order valence-electron chi connectivity index (χ3n) is 1.74. The first-order chi connectivity index (χ1) is 5.75. The van der Waals surface area contributed by atoms with E-state index in [0.717, 1.165) is 12.8 Å². The zero-order valence-corrected chi connectivity index (χ0v) is 6.82. The van der Waals surface area contributed by atoms with E-state index in [4.69, 9.17) is 0 Å². The molecule has 1 N–H and O–H groups in total. The van der Waals surface area contributed by atoms with Gasteiger partial charge in [-0.15, -0.1) is 5.10 Å². The monoisotopic (exact) mass is 166 g/mol. The van der Waals surface area contributed by atoms with Crippen molar-refractivity contribution in [2.75, 3.05) is 0 Å². The van der Waals surface area contributed by atoms with Gasteiger partial charge in [0, 0.05) is 13.1 Å². The number of carbonyl (C=O) groups is 1. The van der Waals surface area contributed by atoms with Crippen molar-refractivity contribution in [2.24, 2.45) is 7.05 Å². The normalized spacial score (nSPS) is 16.1. The van der Waals surface area contributed by atoms with Crippen LogP contribution in [0, 0.1) is 0 Å². The Hall–Kier alpha value is -1.39. The third kappa shape index (κ3) is 1.44. The molecule has 0 unspecified atom stereocenters. The van der Waals surface area contributed by atoms with E-state index in [2.05, 4.69) is 15.5 Å². The van der Waals surface area contributed by atoms with Crippen molar-refractivity contribution >= 4 is 5.91 Å². The predicted octanol–water partition coefficient (Wildman–Crippen LogP) is -0.293. The second kappa shape index (κ2) is 2.58. The topological polar surface area (TPSA) is 59.8 Å². The fourth-order valence-electron chi connectivity index (χ4n) is 0.937. The van der Waals surface area contributed by atoms with Gasteiger partial charge in [-0.3, -0.25) is 4.79 Å². The van der Waals surface area contributed by atoms with Crippen LogP contribution in [-0.2, 0) is 7.05 Å². The molecule has 12 heavy (non-hydrogen) atoms. The first-order valence-electron chi connectivity index (χ1n) is 3.93. The lowest BCUT2D eigenvalue weighted by Crippen LogP contribution is -2.25. The maximum absolute atomic E-state index is 11.3. The Morgan fingerprint density at radius 2 is 2.50 bits per heavy atom. The van der Waals surface area contributed by atoms with Crippen LogP contribution in [0.2, 0.25) is 0 Å². The number of rotatable bonds is 2. The molecule has 0 radical (unpaired) electrons. The molecule has 0 saturated heterocycles. The first kappa shape index (κ1) is 7.27. The fourth-order valence-corrected chi connectivity index (χ4v) is 0.937. The van der Waals surface area contributed by atoms with Crippen LogP contribution >= 0.6 is 0 Å². The molecule has 0 atom stereocenters. The van der Waals surface area contributed by atoms with Crippen molar-refractivity contribution < 1.29 is 4.79 Å². The van der Waals surface area contributed by atoms with Crippen LogP contribution in [0.15, 0.2) is 6.20 Å². The molecule has 0 bridgehead atoms. The lowest BCUT2D eigenvalue weighted by atomic mass is 10.4. The Kier molecular flexibility index (Phi) is 1.56. The lowest BCUT2D eigenvalue weighted by molar-refractivity contribution is 0.0945.